The maximum atomic E-state index is 13.3. The first-order chi connectivity index (χ1) is 15.8. The summed E-state index contributed by atoms with van der Waals surface area (Å²) in [5, 5.41) is 2.88. The molecule has 0 aromatic carbocycles. The van der Waals surface area contributed by atoms with E-state index in [1.165, 1.54) is 6.07 Å². The van der Waals surface area contributed by atoms with Crippen molar-refractivity contribution >= 4 is 23.7 Å². The molecule has 8 nitrogen and oxygen atoms in total. The van der Waals surface area contributed by atoms with E-state index in [0.29, 0.717) is 44.8 Å². The SMILES string of the molecule is C[C@H]1CC(C)(C)C[C@@]2(C1)NC(=O)N(CC(=O)N1CCN(c3ccc(C(F)(F)F)cn3)CC1)C2=O. The van der Waals surface area contributed by atoms with E-state index in [-0.39, 0.29) is 29.7 Å². The lowest BCUT2D eigenvalue weighted by molar-refractivity contribution is -0.140. The van der Waals surface area contributed by atoms with E-state index in [9.17, 15) is 27.6 Å². The number of rotatable bonds is 3. The zero-order valence-corrected chi connectivity index (χ0v) is 19.6. The van der Waals surface area contributed by atoms with Gasteiger partial charge in [-0.05, 0) is 42.7 Å². The van der Waals surface area contributed by atoms with Gasteiger partial charge in [0.1, 0.15) is 17.9 Å². The normalized spacial score (nSPS) is 27.4. The van der Waals surface area contributed by atoms with Gasteiger partial charge in [0.05, 0.1) is 5.56 Å². The summed E-state index contributed by atoms with van der Waals surface area (Å²) < 4.78 is 38.2. The molecule has 3 aliphatic rings. The number of hydrogen-bond acceptors (Lipinski definition) is 5. The molecule has 0 unspecified atom stereocenters. The average molecular weight is 482 g/mol. The molecule has 1 N–H and O–H groups in total. The molecule has 2 atom stereocenters. The van der Waals surface area contributed by atoms with Gasteiger partial charge in [-0.25, -0.2) is 9.78 Å². The molecule has 3 fully saturated rings. The minimum Gasteiger partial charge on any atom is -0.353 e. The molecule has 3 heterocycles. The largest absolute Gasteiger partial charge is 0.417 e. The second kappa shape index (κ2) is 8.42. The third-order valence-corrected chi connectivity index (χ3v) is 6.95. The summed E-state index contributed by atoms with van der Waals surface area (Å²) >= 11 is 0. The van der Waals surface area contributed by atoms with Crippen LogP contribution in [0.2, 0.25) is 0 Å². The number of pyridine rings is 1. The summed E-state index contributed by atoms with van der Waals surface area (Å²) in [5.41, 5.74) is -1.86. The molecule has 4 rings (SSSR count). The Kier molecular flexibility index (Phi) is 6.02. The summed E-state index contributed by atoms with van der Waals surface area (Å²) in [6.45, 7) is 7.34. The van der Waals surface area contributed by atoms with Gasteiger partial charge in [-0.15, -0.1) is 0 Å². The van der Waals surface area contributed by atoms with Crippen LogP contribution in [-0.2, 0) is 15.8 Å². The number of nitrogens with one attached hydrogen (secondary N) is 1. The lowest BCUT2D eigenvalue weighted by Gasteiger charge is -2.43. The fraction of sp³-hybridized carbons (Fsp3) is 0.652. The molecule has 2 aliphatic heterocycles. The molecule has 186 valence electrons. The monoisotopic (exact) mass is 481 g/mol. The van der Waals surface area contributed by atoms with Crippen molar-refractivity contribution in [2.24, 2.45) is 11.3 Å². The zero-order valence-electron chi connectivity index (χ0n) is 19.6. The summed E-state index contributed by atoms with van der Waals surface area (Å²) in [6.07, 6.45) is -1.58. The number of hydrogen-bond donors (Lipinski definition) is 1. The zero-order chi connectivity index (χ0) is 24.9. The van der Waals surface area contributed by atoms with Gasteiger partial charge in [-0.2, -0.15) is 13.2 Å². The smallest absolute Gasteiger partial charge is 0.353 e. The number of halogens is 3. The Balaban J connectivity index is 1.35. The minimum atomic E-state index is -4.44. The number of aromatic nitrogens is 1. The third-order valence-electron chi connectivity index (χ3n) is 6.95. The van der Waals surface area contributed by atoms with Crippen molar-refractivity contribution in [3.05, 3.63) is 23.9 Å². The fourth-order valence-corrected chi connectivity index (χ4v) is 5.81. The van der Waals surface area contributed by atoms with E-state index < -0.39 is 23.3 Å². The van der Waals surface area contributed by atoms with E-state index in [0.717, 1.165) is 23.6 Å². The van der Waals surface area contributed by atoms with Crippen molar-refractivity contribution in [2.75, 3.05) is 37.6 Å². The Morgan fingerprint density at radius 3 is 2.38 bits per heavy atom. The third kappa shape index (κ3) is 4.69. The molecular formula is C23H30F3N5O3. The predicted octanol–water partition coefficient (Wildman–Crippen LogP) is 2.89. The van der Waals surface area contributed by atoms with Gasteiger partial charge in [-0.3, -0.25) is 14.5 Å². The maximum absolute atomic E-state index is 13.3. The number of anilines is 1. The van der Waals surface area contributed by atoms with Crippen molar-refractivity contribution in [2.45, 2.75) is 51.7 Å². The first-order valence-corrected chi connectivity index (χ1v) is 11.5. The standard InChI is InChI=1S/C23H30F3N5O3/c1-15-10-21(2,3)14-22(11-15)19(33)31(20(34)28-22)13-18(32)30-8-6-29(7-9-30)17-5-4-16(12-27-17)23(24,25)26/h4-5,12,15H,6-11,13-14H2,1-3H3,(H,28,34)/t15-,22+/m0/s1. The molecule has 0 bridgehead atoms. The molecule has 1 spiro atoms. The van der Waals surface area contributed by atoms with E-state index in [4.69, 9.17) is 0 Å². The van der Waals surface area contributed by atoms with Gasteiger partial charge in [0.15, 0.2) is 0 Å². The Bertz CT molecular complexity index is 973. The Hall–Kier alpha value is -2.85. The molecule has 1 aromatic rings. The van der Waals surface area contributed by atoms with Crippen molar-refractivity contribution in [1.29, 1.82) is 0 Å². The van der Waals surface area contributed by atoms with Crippen LogP contribution in [-0.4, -0.2) is 70.9 Å². The molecule has 1 aliphatic carbocycles. The van der Waals surface area contributed by atoms with Crippen LogP contribution < -0.4 is 10.2 Å². The molecule has 0 radical (unpaired) electrons. The highest BCUT2D eigenvalue weighted by Crippen LogP contribution is 2.46. The molecule has 11 heteroatoms. The molecular weight excluding hydrogens is 451 g/mol. The van der Waals surface area contributed by atoms with Crippen molar-refractivity contribution < 1.29 is 27.6 Å². The van der Waals surface area contributed by atoms with Gasteiger partial charge in [0.2, 0.25) is 5.91 Å². The van der Waals surface area contributed by atoms with Gasteiger partial charge in [-0.1, -0.05) is 20.8 Å². The highest BCUT2D eigenvalue weighted by Gasteiger charge is 2.56. The topological polar surface area (TPSA) is 85.8 Å². The Morgan fingerprint density at radius 1 is 1.15 bits per heavy atom. The summed E-state index contributed by atoms with van der Waals surface area (Å²) in [6, 6.07) is 1.77. The summed E-state index contributed by atoms with van der Waals surface area (Å²) in [5.74, 6) is 0.0162. The lowest BCUT2D eigenvalue weighted by atomic mass is 9.64. The van der Waals surface area contributed by atoms with Gasteiger partial charge in [0, 0.05) is 32.4 Å². The predicted molar refractivity (Wildman–Crippen MR) is 118 cm³/mol. The number of piperazine rings is 1. The van der Waals surface area contributed by atoms with E-state index in [2.05, 4.69) is 31.1 Å². The van der Waals surface area contributed by atoms with E-state index in [1.807, 2.05) is 0 Å². The van der Waals surface area contributed by atoms with Crippen LogP contribution in [0.1, 0.15) is 45.6 Å². The summed E-state index contributed by atoms with van der Waals surface area (Å²) in [4.78, 5) is 47.1. The molecule has 4 amide bonds. The van der Waals surface area contributed by atoms with Gasteiger partial charge >= 0.3 is 12.2 Å². The Labute approximate surface area is 196 Å². The van der Waals surface area contributed by atoms with Crippen LogP contribution >= 0.6 is 0 Å². The Morgan fingerprint density at radius 2 is 1.82 bits per heavy atom. The second-order valence-electron chi connectivity index (χ2n) is 10.5. The first kappa shape index (κ1) is 24.3. The van der Waals surface area contributed by atoms with Crippen LogP contribution in [0.25, 0.3) is 0 Å². The van der Waals surface area contributed by atoms with Crippen LogP contribution in [0.5, 0.6) is 0 Å². The minimum absolute atomic E-state index is 0.0940. The van der Waals surface area contributed by atoms with Gasteiger partial charge < -0.3 is 15.1 Å². The van der Waals surface area contributed by atoms with Crippen LogP contribution in [0.4, 0.5) is 23.8 Å². The quantitative estimate of drug-likeness (QED) is 0.671. The highest BCUT2D eigenvalue weighted by atomic mass is 19.4. The van der Waals surface area contributed by atoms with Gasteiger partial charge in [0.25, 0.3) is 5.91 Å². The number of nitrogens with zero attached hydrogens (tertiary/aromatic N) is 4. The van der Waals surface area contributed by atoms with E-state index in [1.54, 1.807) is 9.80 Å². The highest BCUT2D eigenvalue weighted by molar-refractivity contribution is 6.09. The number of carbonyl (C=O) groups excluding carboxylic acids is 3. The van der Waals surface area contributed by atoms with Crippen molar-refractivity contribution in [3.63, 3.8) is 0 Å². The fourth-order valence-electron chi connectivity index (χ4n) is 5.81. The number of imide groups is 1. The maximum Gasteiger partial charge on any atom is 0.417 e. The lowest BCUT2D eigenvalue weighted by Crippen LogP contribution is -2.55. The first-order valence-electron chi connectivity index (χ1n) is 11.5. The molecule has 1 saturated carbocycles. The molecule has 2 saturated heterocycles. The van der Waals surface area contributed by atoms with Crippen LogP contribution in [0.15, 0.2) is 18.3 Å². The number of carbonyl (C=O) groups is 3. The summed E-state index contributed by atoms with van der Waals surface area (Å²) in [7, 11) is 0. The second-order valence-corrected chi connectivity index (χ2v) is 10.5. The number of urea groups is 1. The van der Waals surface area contributed by atoms with Crippen LogP contribution in [0, 0.1) is 11.3 Å². The van der Waals surface area contributed by atoms with E-state index >= 15 is 0 Å². The van der Waals surface area contributed by atoms with Crippen LogP contribution in [0.3, 0.4) is 0 Å². The van der Waals surface area contributed by atoms with Crippen molar-refractivity contribution in [1.82, 2.24) is 20.1 Å². The molecule has 1 aromatic heterocycles. The number of amides is 4. The van der Waals surface area contributed by atoms with Crippen molar-refractivity contribution in [3.8, 4) is 0 Å². The molecule has 34 heavy (non-hydrogen) atoms. The average Bonchev–Trinajstić information content (AvgIpc) is 2.95. The number of alkyl halides is 3.